The first-order valence-corrected chi connectivity index (χ1v) is 4.26. The highest BCUT2D eigenvalue weighted by Crippen LogP contribution is 2.19. The average Bonchev–Trinajstić information content (AvgIpc) is 2.12. The molecule has 0 heterocycles. The van der Waals surface area contributed by atoms with Gasteiger partial charge in [-0.15, -0.1) is 0 Å². The van der Waals surface area contributed by atoms with Crippen LogP contribution in [0.4, 0.5) is 5.69 Å². The molecular weight excluding hydrogens is 166 g/mol. The summed E-state index contributed by atoms with van der Waals surface area (Å²) in [7, 11) is 1.67. The van der Waals surface area contributed by atoms with Crippen LogP contribution < -0.4 is 5.32 Å². The Bertz CT molecular complexity index is 274. The predicted molar refractivity (Wildman–Crippen MR) is 53.2 cm³/mol. The summed E-state index contributed by atoms with van der Waals surface area (Å²) >= 11 is 0. The zero-order valence-corrected chi connectivity index (χ0v) is 8.00. The summed E-state index contributed by atoms with van der Waals surface area (Å²) in [6, 6.07) is 5.44. The normalized spacial score (nSPS) is 10.0. The van der Waals surface area contributed by atoms with Crippen LogP contribution in [0.1, 0.15) is 5.56 Å². The molecule has 72 valence electrons. The van der Waals surface area contributed by atoms with E-state index in [9.17, 15) is 5.11 Å². The van der Waals surface area contributed by atoms with Crippen LogP contribution in [0, 0.1) is 6.92 Å². The molecule has 13 heavy (non-hydrogen) atoms. The minimum Gasteiger partial charge on any atom is -0.508 e. The van der Waals surface area contributed by atoms with E-state index in [1.807, 2.05) is 19.1 Å². The van der Waals surface area contributed by atoms with Crippen LogP contribution in [0.5, 0.6) is 5.75 Å². The zero-order chi connectivity index (χ0) is 9.68. The second kappa shape index (κ2) is 4.72. The number of hydrogen-bond acceptors (Lipinski definition) is 3. The summed E-state index contributed by atoms with van der Waals surface area (Å²) in [4.78, 5) is 0. The fraction of sp³-hybridized carbons (Fsp3) is 0.400. The average molecular weight is 181 g/mol. The lowest BCUT2D eigenvalue weighted by Gasteiger charge is -2.06. The number of methoxy groups -OCH3 is 1. The van der Waals surface area contributed by atoms with Gasteiger partial charge >= 0.3 is 0 Å². The topological polar surface area (TPSA) is 41.5 Å². The van der Waals surface area contributed by atoms with Gasteiger partial charge in [0, 0.05) is 19.3 Å². The Hall–Kier alpha value is -1.22. The summed E-state index contributed by atoms with van der Waals surface area (Å²) in [6.07, 6.45) is 0. The minimum atomic E-state index is 0.331. The van der Waals surface area contributed by atoms with Crippen LogP contribution in [-0.2, 0) is 4.74 Å². The van der Waals surface area contributed by atoms with Crippen molar-refractivity contribution >= 4 is 5.69 Å². The SMILES string of the molecule is COCCNc1ccc(O)c(C)c1. The number of nitrogens with one attached hydrogen (secondary N) is 1. The Balaban J connectivity index is 2.53. The number of aromatic hydroxyl groups is 1. The van der Waals surface area contributed by atoms with E-state index < -0.39 is 0 Å². The summed E-state index contributed by atoms with van der Waals surface area (Å²) in [5, 5.41) is 12.4. The van der Waals surface area contributed by atoms with Gasteiger partial charge in [-0.25, -0.2) is 0 Å². The van der Waals surface area contributed by atoms with Gasteiger partial charge in [-0.1, -0.05) is 0 Å². The highest BCUT2D eigenvalue weighted by Gasteiger charge is 1.96. The van der Waals surface area contributed by atoms with Gasteiger partial charge in [0.15, 0.2) is 0 Å². The van der Waals surface area contributed by atoms with E-state index in [4.69, 9.17) is 4.74 Å². The van der Waals surface area contributed by atoms with Crippen molar-refractivity contribution in [3.63, 3.8) is 0 Å². The highest BCUT2D eigenvalue weighted by atomic mass is 16.5. The second-order valence-electron chi connectivity index (χ2n) is 2.92. The van der Waals surface area contributed by atoms with Gasteiger partial charge in [0.25, 0.3) is 0 Å². The molecule has 0 bridgehead atoms. The van der Waals surface area contributed by atoms with E-state index in [0.29, 0.717) is 12.4 Å². The van der Waals surface area contributed by atoms with Crippen molar-refractivity contribution in [2.75, 3.05) is 25.6 Å². The zero-order valence-electron chi connectivity index (χ0n) is 8.00. The molecule has 0 fully saturated rings. The summed E-state index contributed by atoms with van der Waals surface area (Å²) < 4.78 is 4.91. The van der Waals surface area contributed by atoms with Gasteiger partial charge in [0.05, 0.1) is 6.61 Å². The van der Waals surface area contributed by atoms with Gasteiger partial charge in [-0.3, -0.25) is 0 Å². The van der Waals surface area contributed by atoms with E-state index in [0.717, 1.165) is 17.8 Å². The smallest absolute Gasteiger partial charge is 0.118 e. The molecule has 0 aromatic heterocycles. The monoisotopic (exact) mass is 181 g/mol. The number of rotatable bonds is 4. The Kier molecular flexibility index (Phi) is 3.58. The third-order valence-electron chi connectivity index (χ3n) is 1.83. The molecule has 0 amide bonds. The van der Waals surface area contributed by atoms with Crippen molar-refractivity contribution in [1.29, 1.82) is 0 Å². The first-order chi connectivity index (χ1) is 6.24. The van der Waals surface area contributed by atoms with Crippen molar-refractivity contribution in [3.8, 4) is 5.75 Å². The third kappa shape index (κ3) is 2.95. The Morgan fingerprint density at radius 2 is 2.23 bits per heavy atom. The maximum Gasteiger partial charge on any atom is 0.118 e. The van der Waals surface area contributed by atoms with E-state index >= 15 is 0 Å². The maximum atomic E-state index is 9.26. The number of ether oxygens (including phenoxy) is 1. The van der Waals surface area contributed by atoms with Crippen molar-refractivity contribution in [2.45, 2.75) is 6.92 Å². The molecule has 0 spiro atoms. The summed E-state index contributed by atoms with van der Waals surface area (Å²) in [6.45, 7) is 3.33. The van der Waals surface area contributed by atoms with Crippen LogP contribution in [-0.4, -0.2) is 25.4 Å². The Labute approximate surface area is 78.3 Å². The second-order valence-corrected chi connectivity index (χ2v) is 2.92. The molecule has 3 nitrogen and oxygen atoms in total. The maximum absolute atomic E-state index is 9.26. The lowest BCUT2D eigenvalue weighted by Crippen LogP contribution is -2.07. The number of benzene rings is 1. The van der Waals surface area contributed by atoms with Crippen molar-refractivity contribution in [2.24, 2.45) is 0 Å². The van der Waals surface area contributed by atoms with Crippen LogP contribution >= 0.6 is 0 Å². The molecule has 0 saturated heterocycles. The summed E-state index contributed by atoms with van der Waals surface area (Å²) in [5.41, 5.74) is 1.88. The molecule has 2 N–H and O–H groups in total. The molecular formula is C10H15NO2. The van der Waals surface area contributed by atoms with Crippen LogP contribution in [0.15, 0.2) is 18.2 Å². The molecule has 0 unspecified atom stereocenters. The molecule has 1 aromatic carbocycles. The Morgan fingerprint density at radius 1 is 1.46 bits per heavy atom. The molecule has 0 aliphatic carbocycles. The van der Waals surface area contributed by atoms with Gasteiger partial charge < -0.3 is 15.2 Å². The molecule has 1 rings (SSSR count). The highest BCUT2D eigenvalue weighted by molar-refractivity contribution is 5.50. The third-order valence-corrected chi connectivity index (χ3v) is 1.83. The first kappa shape index (κ1) is 9.86. The summed E-state index contributed by atoms with van der Waals surface area (Å²) in [5.74, 6) is 0.331. The van der Waals surface area contributed by atoms with Gasteiger partial charge in [0.2, 0.25) is 0 Å². The van der Waals surface area contributed by atoms with E-state index in [2.05, 4.69) is 5.32 Å². The molecule has 0 saturated carbocycles. The first-order valence-electron chi connectivity index (χ1n) is 4.26. The largest absolute Gasteiger partial charge is 0.508 e. The molecule has 1 aromatic rings. The number of aryl methyl sites for hydroxylation is 1. The van der Waals surface area contributed by atoms with Crippen LogP contribution in [0.3, 0.4) is 0 Å². The quantitative estimate of drug-likeness (QED) is 0.549. The molecule has 0 aliphatic rings. The lowest BCUT2D eigenvalue weighted by atomic mass is 10.2. The molecule has 0 atom stereocenters. The van der Waals surface area contributed by atoms with Crippen molar-refractivity contribution in [1.82, 2.24) is 0 Å². The molecule has 0 radical (unpaired) electrons. The van der Waals surface area contributed by atoms with E-state index in [1.165, 1.54) is 0 Å². The van der Waals surface area contributed by atoms with Gasteiger partial charge in [-0.2, -0.15) is 0 Å². The fourth-order valence-corrected chi connectivity index (χ4v) is 1.06. The number of phenols is 1. The van der Waals surface area contributed by atoms with Crippen LogP contribution in [0.2, 0.25) is 0 Å². The molecule has 3 heteroatoms. The van der Waals surface area contributed by atoms with Gasteiger partial charge in [-0.05, 0) is 30.7 Å². The molecule has 0 aliphatic heterocycles. The van der Waals surface area contributed by atoms with Crippen LogP contribution in [0.25, 0.3) is 0 Å². The Morgan fingerprint density at radius 3 is 2.85 bits per heavy atom. The van der Waals surface area contributed by atoms with Crippen molar-refractivity contribution < 1.29 is 9.84 Å². The van der Waals surface area contributed by atoms with E-state index in [-0.39, 0.29) is 0 Å². The predicted octanol–water partition coefficient (Wildman–Crippen LogP) is 1.76. The standard InChI is InChI=1S/C10H15NO2/c1-8-7-9(3-4-10(8)12)11-5-6-13-2/h3-4,7,11-12H,5-6H2,1-2H3. The number of hydrogen-bond donors (Lipinski definition) is 2. The lowest BCUT2D eigenvalue weighted by molar-refractivity contribution is 0.211. The number of anilines is 1. The van der Waals surface area contributed by atoms with E-state index in [1.54, 1.807) is 13.2 Å². The minimum absolute atomic E-state index is 0.331. The fourth-order valence-electron chi connectivity index (χ4n) is 1.06. The van der Waals surface area contributed by atoms with Gasteiger partial charge in [0.1, 0.15) is 5.75 Å². The number of phenolic OH excluding ortho intramolecular Hbond substituents is 1. The van der Waals surface area contributed by atoms with Crippen molar-refractivity contribution in [3.05, 3.63) is 23.8 Å².